The molecule has 0 radical (unpaired) electrons. The van der Waals surface area contributed by atoms with Crippen LogP contribution in [0, 0.1) is 0 Å². The molecule has 4 bridgehead atoms. The summed E-state index contributed by atoms with van der Waals surface area (Å²) in [4.78, 5) is 4.71. The molecule has 4 aromatic carbocycles. The second kappa shape index (κ2) is 11.8. The Morgan fingerprint density at radius 3 is 1.60 bits per heavy atom. The quantitative estimate of drug-likeness (QED) is 0.271. The van der Waals surface area contributed by atoms with Gasteiger partial charge in [0.25, 0.3) is 0 Å². The van der Waals surface area contributed by atoms with Crippen molar-refractivity contribution in [3.63, 3.8) is 0 Å². The SMILES string of the molecule is COc1cc2c3c(c1O)Oc1ccc(cc1)CC1c4c(cc(OC)c(OC)c4Oc4ccc(cc4)C[C@@H]3N(C)CC2)CCN1C. The van der Waals surface area contributed by atoms with Crippen LogP contribution in [0.5, 0.6) is 46.0 Å². The third-order valence-electron chi connectivity index (χ3n) is 9.66. The van der Waals surface area contributed by atoms with Crippen molar-refractivity contribution < 1.29 is 28.8 Å². The summed E-state index contributed by atoms with van der Waals surface area (Å²) >= 11 is 0. The predicted molar refractivity (Wildman–Crippen MR) is 173 cm³/mol. The molecule has 1 N–H and O–H groups in total. The van der Waals surface area contributed by atoms with Crippen LogP contribution in [0.3, 0.4) is 0 Å². The average molecular weight is 609 g/mol. The van der Waals surface area contributed by atoms with Crippen LogP contribution < -0.4 is 23.7 Å². The summed E-state index contributed by atoms with van der Waals surface area (Å²) in [5.74, 6) is 4.27. The molecule has 10 rings (SSSR count). The summed E-state index contributed by atoms with van der Waals surface area (Å²) in [5, 5.41) is 11.4. The first-order chi connectivity index (χ1) is 21.9. The molecule has 0 spiro atoms. The van der Waals surface area contributed by atoms with Gasteiger partial charge >= 0.3 is 0 Å². The second-order valence-electron chi connectivity index (χ2n) is 12.2. The molecule has 0 aromatic heterocycles. The van der Waals surface area contributed by atoms with Crippen molar-refractivity contribution in [3.05, 3.63) is 94.0 Å². The normalized spacial score (nSPS) is 19.4. The van der Waals surface area contributed by atoms with E-state index in [1.54, 1.807) is 21.3 Å². The van der Waals surface area contributed by atoms with Crippen LogP contribution in [0.15, 0.2) is 60.7 Å². The monoisotopic (exact) mass is 608 g/mol. The molecule has 6 aliphatic heterocycles. The number of methoxy groups -OCH3 is 3. The lowest BCUT2D eigenvalue weighted by Crippen LogP contribution is -2.34. The number of hydrogen-bond donors (Lipinski definition) is 1. The van der Waals surface area contributed by atoms with Crippen LogP contribution in [-0.4, -0.2) is 63.4 Å². The third kappa shape index (κ3) is 5.22. The molecule has 0 saturated heterocycles. The zero-order valence-electron chi connectivity index (χ0n) is 26.6. The van der Waals surface area contributed by atoms with Gasteiger partial charge in [0.1, 0.15) is 11.5 Å². The Labute approximate surface area is 264 Å². The van der Waals surface area contributed by atoms with Crippen molar-refractivity contribution in [3.8, 4) is 46.0 Å². The number of nitrogens with zero attached hydrogens (tertiary/aromatic N) is 2. The van der Waals surface area contributed by atoms with Gasteiger partial charge in [-0.15, -0.1) is 0 Å². The Morgan fingerprint density at radius 2 is 1.11 bits per heavy atom. The largest absolute Gasteiger partial charge is 0.502 e. The molecule has 2 atom stereocenters. The molecule has 8 heteroatoms. The van der Waals surface area contributed by atoms with Gasteiger partial charge in [-0.2, -0.15) is 0 Å². The number of phenols is 1. The molecule has 8 nitrogen and oxygen atoms in total. The van der Waals surface area contributed by atoms with Crippen molar-refractivity contribution in [2.45, 2.75) is 37.8 Å². The fraction of sp³-hybridized carbons (Fsp3) is 0.351. The molecule has 0 fully saturated rings. The number of aromatic hydroxyl groups is 1. The summed E-state index contributed by atoms with van der Waals surface area (Å²) in [6.45, 7) is 1.80. The highest BCUT2D eigenvalue weighted by Crippen LogP contribution is 2.51. The summed E-state index contributed by atoms with van der Waals surface area (Å²) < 4.78 is 30.6. The smallest absolute Gasteiger partial charge is 0.204 e. The number of benzene rings is 4. The second-order valence-corrected chi connectivity index (χ2v) is 12.2. The summed E-state index contributed by atoms with van der Waals surface area (Å²) in [5.41, 5.74) is 6.75. The van der Waals surface area contributed by atoms with Gasteiger partial charge in [-0.1, -0.05) is 24.3 Å². The number of rotatable bonds is 3. The molecular weight excluding hydrogens is 568 g/mol. The van der Waals surface area contributed by atoms with Gasteiger partial charge in [0.15, 0.2) is 23.0 Å². The van der Waals surface area contributed by atoms with Crippen LogP contribution in [0.4, 0.5) is 0 Å². The van der Waals surface area contributed by atoms with E-state index in [1.807, 2.05) is 30.3 Å². The average Bonchev–Trinajstić information content (AvgIpc) is 3.05. The first-order valence-corrected chi connectivity index (χ1v) is 15.5. The zero-order chi connectivity index (χ0) is 31.2. The van der Waals surface area contributed by atoms with E-state index in [4.69, 9.17) is 23.7 Å². The molecule has 0 aliphatic carbocycles. The molecule has 0 saturated carbocycles. The van der Waals surface area contributed by atoms with Gasteiger partial charge in [0.2, 0.25) is 11.5 Å². The minimum Gasteiger partial charge on any atom is -0.502 e. The summed E-state index contributed by atoms with van der Waals surface area (Å²) in [6.07, 6.45) is 3.22. The van der Waals surface area contributed by atoms with Gasteiger partial charge in [0.05, 0.1) is 21.3 Å². The fourth-order valence-electron chi connectivity index (χ4n) is 7.15. The Kier molecular flexibility index (Phi) is 7.71. The van der Waals surface area contributed by atoms with Crippen LogP contribution in [0.25, 0.3) is 0 Å². The molecule has 6 heterocycles. The Bertz CT molecular complexity index is 1720. The van der Waals surface area contributed by atoms with Gasteiger partial charge in [-0.05, 0) is 98.4 Å². The number of likely N-dealkylation sites (N-methyl/N-ethyl adjacent to an activating group) is 2. The van der Waals surface area contributed by atoms with E-state index in [0.717, 1.165) is 72.3 Å². The van der Waals surface area contributed by atoms with E-state index in [0.29, 0.717) is 34.5 Å². The van der Waals surface area contributed by atoms with Crippen LogP contribution in [-0.2, 0) is 25.7 Å². The zero-order valence-corrected chi connectivity index (χ0v) is 26.6. The fourth-order valence-corrected chi connectivity index (χ4v) is 7.15. The number of phenolic OH excluding ortho intramolecular Hbond substituents is 1. The van der Waals surface area contributed by atoms with Crippen molar-refractivity contribution in [1.29, 1.82) is 0 Å². The van der Waals surface area contributed by atoms with Gasteiger partial charge in [-0.25, -0.2) is 0 Å². The standard InChI is InChI=1S/C37H40N2O6/c1-38-16-14-24-20-30(41-3)34(40)36-32(24)28(38)18-22-8-12-27(13-9-22)45-37-33-25(21-31(42-4)35(37)43-5)15-17-39(2)29(33)19-23-6-10-26(44-36)11-7-23/h6-13,20-21,28-29,40H,14-19H2,1-5H3/t28-,29?/m0/s1. The lowest BCUT2D eigenvalue weighted by molar-refractivity contribution is 0.221. The molecule has 0 amide bonds. The van der Waals surface area contributed by atoms with Crippen LogP contribution >= 0.6 is 0 Å². The first-order valence-electron chi connectivity index (χ1n) is 15.5. The highest BCUT2D eigenvalue weighted by Gasteiger charge is 2.34. The van der Waals surface area contributed by atoms with E-state index >= 15 is 0 Å². The predicted octanol–water partition coefficient (Wildman–Crippen LogP) is 6.86. The van der Waals surface area contributed by atoms with E-state index < -0.39 is 0 Å². The number of ether oxygens (including phenoxy) is 5. The van der Waals surface area contributed by atoms with Gasteiger partial charge in [-0.3, -0.25) is 9.80 Å². The van der Waals surface area contributed by atoms with Gasteiger partial charge < -0.3 is 28.8 Å². The minimum atomic E-state index is -0.00715. The van der Waals surface area contributed by atoms with E-state index in [-0.39, 0.29) is 17.8 Å². The Balaban J connectivity index is 1.40. The van der Waals surface area contributed by atoms with Gasteiger partial charge in [0, 0.05) is 36.3 Å². The molecule has 6 aliphatic rings. The molecule has 4 aromatic rings. The third-order valence-corrected chi connectivity index (χ3v) is 9.66. The Morgan fingerprint density at radius 1 is 0.644 bits per heavy atom. The lowest BCUT2D eigenvalue weighted by Gasteiger charge is -2.37. The molecule has 1 unspecified atom stereocenters. The molecule has 234 valence electrons. The lowest BCUT2D eigenvalue weighted by atomic mass is 9.87. The molecule has 45 heavy (non-hydrogen) atoms. The highest BCUT2D eigenvalue weighted by atomic mass is 16.5. The van der Waals surface area contributed by atoms with Crippen molar-refractivity contribution in [1.82, 2.24) is 9.80 Å². The highest BCUT2D eigenvalue weighted by molar-refractivity contribution is 5.63. The first kappa shape index (κ1) is 29.3. The van der Waals surface area contributed by atoms with Crippen LogP contribution in [0.1, 0.15) is 45.5 Å². The summed E-state index contributed by atoms with van der Waals surface area (Å²) in [6, 6.07) is 20.6. The van der Waals surface area contributed by atoms with E-state index in [9.17, 15) is 5.11 Å². The maximum atomic E-state index is 11.4. The van der Waals surface area contributed by atoms with Crippen molar-refractivity contribution in [2.75, 3.05) is 48.5 Å². The minimum absolute atomic E-state index is 0.00715. The molecular formula is C37H40N2O6. The van der Waals surface area contributed by atoms with E-state index in [2.05, 4.69) is 54.2 Å². The van der Waals surface area contributed by atoms with E-state index in [1.165, 1.54) is 5.56 Å². The van der Waals surface area contributed by atoms with Crippen molar-refractivity contribution in [2.24, 2.45) is 0 Å². The van der Waals surface area contributed by atoms with Crippen LogP contribution in [0.2, 0.25) is 0 Å². The number of hydrogen-bond acceptors (Lipinski definition) is 8. The van der Waals surface area contributed by atoms with Crippen molar-refractivity contribution >= 4 is 0 Å². The maximum Gasteiger partial charge on any atom is 0.204 e. The maximum absolute atomic E-state index is 11.4. The Hall–Kier alpha value is -4.40. The topological polar surface area (TPSA) is 72.9 Å². The summed E-state index contributed by atoms with van der Waals surface area (Å²) in [7, 11) is 9.21.